The Morgan fingerprint density at radius 3 is 3.00 bits per heavy atom. The number of hydrogen-bond donors (Lipinski definition) is 1. The monoisotopic (exact) mass is 343 g/mol. The van der Waals surface area contributed by atoms with Gasteiger partial charge in [-0.15, -0.1) is 0 Å². The van der Waals surface area contributed by atoms with Gasteiger partial charge >= 0.3 is 0 Å². The lowest BCUT2D eigenvalue weighted by Gasteiger charge is -2.41. The van der Waals surface area contributed by atoms with Crippen molar-refractivity contribution in [2.45, 2.75) is 44.2 Å². The zero-order valence-corrected chi connectivity index (χ0v) is 15.1. The fourth-order valence-corrected chi connectivity index (χ4v) is 5.00. The van der Waals surface area contributed by atoms with Gasteiger partial charge in [0, 0.05) is 13.1 Å². The van der Waals surface area contributed by atoms with Crippen molar-refractivity contribution in [2.75, 3.05) is 18.8 Å². The fourth-order valence-electron chi connectivity index (χ4n) is 4.22. The summed E-state index contributed by atoms with van der Waals surface area (Å²) >= 11 is 1.53. The molecule has 2 aromatic rings. The van der Waals surface area contributed by atoms with E-state index in [1.807, 2.05) is 6.07 Å². The molecule has 0 unspecified atom stereocenters. The van der Waals surface area contributed by atoms with Gasteiger partial charge in [-0.1, -0.05) is 37.1 Å². The molecule has 4 nitrogen and oxygen atoms in total. The fraction of sp³-hybridized carbons (Fsp3) is 0.579. The second-order valence-corrected chi connectivity index (χ2v) is 8.25. The average molecular weight is 343 g/mol. The van der Waals surface area contributed by atoms with E-state index in [4.69, 9.17) is 0 Å². The number of rotatable bonds is 3. The Labute approximate surface area is 147 Å². The van der Waals surface area contributed by atoms with Crippen LogP contribution < -0.4 is 0 Å². The molecule has 0 bridgehead atoms. The first kappa shape index (κ1) is 16.0. The molecule has 1 aromatic carbocycles. The lowest BCUT2D eigenvalue weighted by atomic mass is 9.75. The summed E-state index contributed by atoms with van der Waals surface area (Å²) in [7, 11) is 0. The summed E-state index contributed by atoms with van der Waals surface area (Å²) in [5, 5.41) is 0.844. The van der Waals surface area contributed by atoms with Crippen molar-refractivity contribution in [2.24, 2.45) is 11.8 Å². The number of imidazole rings is 1. The Hall–Kier alpha value is -1.49. The first-order valence-corrected chi connectivity index (χ1v) is 10.0. The van der Waals surface area contributed by atoms with Gasteiger partial charge in [0.05, 0.1) is 16.8 Å². The first-order valence-electron chi connectivity index (χ1n) is 9.06. The topological polar surface area (TPSA) is 49.0 Å². The van der Waals surface area contributed by atoms with Crippen LogP contribution in [0.5, 0.6) is 0 Å². The molecule has 4 rings (SSSR count). The molecule has 1 aliphatic carbocycles. The predicted molar refractivity (Wildman–Crippen MR) is 98.2 cm³/mol. The number of hydrogen-bond acceptors (Lipinski definition) is 3. The van der Waals surface area contributed by atoms with E-state index in [-0.39, 0.29) is 5.91 Å². The number of likely N-dealkylation sites (tertiary alicyclic amines) is 1. The highest BCUT2D eigenvalue weighted by Gasteiger charge is 2.32. The van der Waals surface area contributed by atoms with Crippen molar-refractivity contribution in [3.8, 4) is 0 Å². The third-order valence-electron chi connectivity index (χ3n) is 5.59. The molecule has 0 spiro atoms. The van der Waals surface area contributed by atoms with E-state index in [0.29, 0.717) is 5.75 Å². The van der Waals surface area contributed by atoms with E-state index in [1.165, 1.54) is 49.4 Å². The standard InChI is InChI=1S/C19H25N3OS/c1-13-6-7-16-17(10-13)21-19(20-16)24-12-18(23)22-9-8-14-4-2-3-5-15(14)11-22/h6-7,10,14-15H,2-5,8-9,11-12H2,1H3,(H,20,21)/t14-,15-/m1/s1. The number of carbonyl (C=O) groups excluding carboxylic acids is 1. The summed E-state index contributed by atoms with van der Waals surface area (Å²) in [6.07, 6.45) is 6.61. The van der Waals surface area contributed by atoms with Gasteiger partial charge < -0.3 is 9.88 Å². The van der Waals surface area contributed by atoms with Crippen LogP contribution in [0.1, 0.15) is 37.7 Å². The van der Waals surface area contributed by atoms with Gasteiger partial charge in [-0.05, 0) is 49.3 Å². The summed E-state index contributed by atoms with van der Waals surface area (Å²) in [5.41, 5.74) is 3.24. The van der Waals surface area contributed by atoms with Crippen LogP contribution in [-0.4, -0.2) is 39.6 Å². The third kappa shape index (κ3) is 3.32. The molecule has 24 heavy (non-hydrogen) atoms. The van der Waals surface area contributed by atoms with E-state index >= 15 is 0 Å². The van der Waals surface area contributed by atoms with Crippen molar-refractivity contribution in [3.63, 3.8) is 0 Å². The minimum atomic E-state index is 0.265. The van der Waals surface area contributed by atoms with E-state index in [0.717, 1.165) is 41.1 Å². The zero-order chi connectivity index (χ0) is 16.5. The number of thioether (sulfide) groups is 1. The number of carbonyl (C=O) groups is 1. The van der Waals surface area contributed by atoms with Crippen LogP contribution in [0.15, 0.2) is 23.4 Å². The highest BCUT2D eigenvalue weighted by molar-refractivity contribution is 7.99. The van der Waals surface area contributed by atoms with Gasteiger partial charge in [-0.3, -0.25) is 4.79 Å². The van der Waals surface area contributed by atoms with Crippen molar-refractivity contribution < 1.29 is 4.79 Å². The van der Waals surface area contributed by atoms with Gasteiger partial charge in [0.1, 0.15) is 0 Å². The highest BCUT2D eigenvalue weighted by atomic mass is 32.2. The van der Waals surface area contributed by atoms with Crippen molar-refractivity contribution in [1.82, 2.24) is 14.9 Å². The van der Waals surface area contributed by atoms with Crippen molar-refractivity contribution in [1.29, 1.82) is 0 Å². The van der Waals surface area contributed by atoms with E-state index in [9.17, 15) is 4.79 Å². The molecular formula is C19H25N3OS. The first-order chi connectivity index (χ1) is 11.7. The molecule has 1 aliphatic heterocycles. The summed E-state index contributed by atoms with van der Waals surface area (Å²) in [4.78, 5) is 22.6. The number of piperidine rings is 1. The summed E-state index contributed by atoms with van der Waals surface area (Å²) in [5.74, 6) is 2.36. The third-order valence-corrected chi connectivity index (χ3v) is 6.45. The molecule has 2 fully saturated rings. The smallest absolute Gasteiger partial charge is 0.233 e. The second-order valence-electron chi connectivity index (χ2n) is 7.28. The Morgan fingerprint density at radius 2 is 2.12 bits per heavy atom. The minimum Gasteiger partial charge on any atom is -0.342 e. The number of nitrogens with one attached hydrogen (secondary N) is 1. The van der Waals surface area contributed by atoms with Gasteiger partial charge in [0.2, 0.25) is 5.91 Å². The molecule has 128 valence electrons. The number of aromatic nitrogens is 2. The van der Waals surface area contributed by atoms with Crippen molar-refractivity contribution >= 4 is 28.7 Å². The maximum atomic E-state index is 12.6. The van der Waals surface area contributed by atoms with E-state index in [2.05, 4.69) is 33.9 Å². The number of aryl methyl sites for hydroxylation is 1. The summed E-state index contributed by atoms with van der Waals surface area (Å²) in [6, 6.07) is 6.19. The zero-order valence-electron chi connectivity index (χ0n) is 14.3. The summed E-state index contributed by atoms with van der Waals surface area (Å²) in [6.45, 7) is 3.99. The molecule has 2 heterocycles. The molecule has 1 aromatic heterocycles. The predicted octanol–water partition coefficient (Wildman–Crippen LogP) is 4.00. The molecule has 1 amide bonds. The van der Waals surface area contributed by atoms with E-state index in [1.54, 1.807) is 0 Å². The Balaban J connectivity index is 1.35. The van der Waals surface area contributed by atoms with Crippen LogP contribution >= 0.6 is 11.8 Å². The number of H-pyrrole nitrogens is 1. The van der Waals surface area contributed by atoms with E-state index < -0.39 is 0 Å². The van der Waals surface area contributed by atoms with Gasteiger partial charge in [0.25, 0.3) is 0 Å². The van der Waals surface area contributed by atoms with Crippen LogP contribution in [-0.2, 0) is 4.79 Å². The maximum Gasteiger partial charge on any atom is 0.233 e. The molecular weight excluding hydrogens is 318 g/mol. The number of fused-ring (bicyclic) bond motifs is 2. The number of benzene rings is 1. The largest absolute Gasteiger partial charge is 0.342 e. The second kappa shape index (κ2) is 6.79. The Morgan fingerprint density at radius 1 is 1.29 bits per heavy atom. The van der Waals surface area contributed by atoms with Crippen LogP contribution in [0.25, 0.3) is 11.0 Å². The Kier molecular flexibility index (Phi) is 4.53. The molecule has 0 radical (unpaired) electrons. The van der Waals surface area contributed by atoms with Gasteiger partial charge in [0.15, 0.2) is 5.16 Å². The number of nitrogens with zero attached hydrogens (tertiary/aromatic N) is 2. The molecule has 1 saturated heterocycles. The molecule has 2 atom stereocenters. The quantitative estimate of drug-likeness (QED) is 0.857. The molecule has 5 heteroatoms. The number of aromatic amines is 1. The Bertz CT molecular complexity index is 741. The maximum absolute atomic E-state index is 12.6. The van der Waals surface area contributed by atoms with Crippen molar-refractivity contribution in [3.05, 3.63) is 23.8 Å². The van der Waals surface area contributed by atoms with Gasteiger partial charge in [-0.2, -0.15) is 0 Å². The SMILES string of the molecule is Cc1ccc2nc(SCC(=O)N3CC[C@H]4CCCC[C@@H]4C3)[nH]c2c1. The lowest BCUT2D eigenvalue weighted by molar-refractivity contribution is -0.131. The highest BCUT2D eigenvalue weighted by Crippen LogP contribution is 2.36. The number of amides is 1. The minimum absolute atomic E-state index is 0.265. The summed E-state index contributed by atoms with van der Waals surface area (Å²) < 4.78 is 0. The lowest BCUT2D eigenvalue weighted by Crippen LogP contribution is -2.45. The van der Waals surface area contributed by atoms with Crippen LogP contribution in [0.2, 0.25) is 0 Å². The normalized spacial score (nSPS) is 24.1. The molecule has 1 saturated carbocycles. The van der Waals surface area contributed by atoms with Crippen LogP contribution in [0.4, 0.5) is 0 Å². The van der Waals surface area contributed by atoms with Crippen LogP contribution in [0.3, 0.4) is 0 Å². The molecule has 1 N–H and O–H groups in total. The van der Waals surface area contributed by atoms with Gasteiger partial charge in [-0.25, -0.2) is 4.98 Å². The average Bonchev–Trinajstić information content (AvgIpc) is 3.01. The van der Waals surface area contributed by atoms with Crippen LogP contribution in [0, 0.1) is 18.8 Å². The molecule has 2 aliphatic rings.